The third kappa shape index (κ3) is 3.46. The van der Waals surface area contributed by atoms with Crippen LogP contribution in [-0.4, -0.2) is 59.3 Å². The first-order valence-electron chi connectivity index (χ1n) is 7.88. The lowest BCUT2D eigenvalue weighted by atomic mass is 9.97. The molecular weight excluding hydrogens is 224 g/mol. The molecule has 2 rings (SSSR count). The molecule has 2 aliphatic rings. The van der Waals surface area contributed by atoms with Gasteiger partial charge in [-0.3, -0.25) is 4.90 Å². The second kappa shape index (κ2) is 6.88. The number of nitrogens with zero attached hydrogens (tertiary/aromatic N) is 2. The van der Waals surface area contributed by atoms with E-state index < -0.39 is 0 Å². The molecule has 0 saturated carbocycles. The summed E-state index contributed by atoms with van der Waals surface area (Å²) in [5.41, 5.74) is 0. The van der Waals surface area contributed by atoms with Gasteiger partial charge in [0.15, 0.2) is 0 Å². The van der Waals surface area contributed by atoms with Gasteiger partial charge in [-0.2, -0.15) is 0 Å². The Hall–Kier alpha value is -0.120. The van der Waals surface area contributed by atoms with Crippen molar-refractivity contribution in [2.24, 2.45) is 0 Å². The van der Waals surface area contributed by atoms with E-state index in [0.717, 1.165) is 12.5 Å². The summed E-state index contributed by atoms with van der Waals surface area (Å²) in [7, 11) is 0. The van der Waals surface area contributed by atoms with Crippen molar-refractivity contribution in [2.45, 2.75) is 70.6 Å². The van der Waals surface area contributed by atoms with Gasteiger partial charge < -0.3 is 10.0 Å². The Morgan fingerprint density at radius 3 is 2.22 bits per heavy atom. The third-order valence-corrected chi connectivity index (χ3v) is 4.96. The predicted octanol–water partition coefficient (Wildman–Crippen LogP) is 2.10. The molecule has 106 valence electrons. The van der Waals surface area contributed by atoms with Crippen LogP contribution in [0.2, 0.25) is 0 Å². The average Bonchev–Trinajstić information content (AvgIpc) is 2.47. The first-order chi connectivity index (χ1) is 8.72. The maximum absolute atomic E-state index is 9.94. The molecule has 2 heterocycles. The topological polar surface area (TPSA) is 26.7 Å². The van der Waals surface area contributed by atoms with Gasteiger partial charge >= 0.3 is 0 Å². The summed E-state index contributed by atoms with van der Waals surface area (Å²) in [6.07, 6.45) is 7.51. The molecule has 2 aliphatic heterocycles. The fourth-order valence-electron chi connectivity index (χ4n) is 3.53. The van der Waals surface area contributed by atoms with Crippen molar-refractivity contribution >= 4 is 0 Å². The number of rotatable bonds is 4. The normalized spacial score (nSPS) is 28.2. The molecule has 3 heteroatoms. The van der Waals surface area contributed by atoms with Crippen molar-refractivity contribution in [1.82, 2.24) is 9.80 Å². The third-order valence-electron chi connectivity index (χ3n) is 4.96. The van der Waals surface area contributed by atoms with Crippen LogP contribution in [0.3, 0.4) is 0 Å². The van der Waals surface area contributed by atoms with Gasteiger partial charge in [-0.25, -0.2) is 0 Å². The predicted molar refractivity (Wildman–Crippen MR) is 75.8 cm³/mol. The van der Waals surface area contributed by atoms with E-state index in [1.807, 2.05) is 0 Å². The van der Waals surface area contributed by atoms with Crippen molar-refractivity contribution in [2.75, 3.05) is 26.2 Å². The van der Waals surface area contributed by atoms with Gasteiger partial charge in [-0.15, -0.1) is 0 Å². The molecule has 0 bridgehead atoms. The van der Waals surface area contributed by atoms with Crippen LogP contribution in [-0.2, 0) is 0 Å². The van der Waals surface area contributed by atoms with E-state index in [-0.39, 0.29) is 6.10 Å². The minimum atomic E-state index is -0.156. The van der Waals surface area contributed by atoms with Crippen LogP contribution in [0.25, 0.3) is 0 Å². The summed E-state index contributed by atoms with van der Waals surface area (Å²) in [4.78, 5) is 5.19. The standard InChI is InChI=1S/C15H30N2O/c1-3-15(18)13(2)16-11-7-14(8-12-16)17-9-5-4-6-10-17/h13-15,18H,3-12H2,1-2H3. The smallest absolute Gasteiger partial charge is 0.0690 e. The van der Waals surface area contributed by atoms with Crippen molar-refractivity contribution in [3.63, 3.8) is 0 Å². The van der Waals surface area contributed by atoms with Crippen molar-refractivity contribution in [1.29, 1.82) is 0 Å². The molecular formula is C15H30N2O. The summed E-state index contributed by atoms with van der Waals surface area (Å²) >= 11 is 0. The van der Waals surface area contributed by atoms with E-state index >= 15 is 0 Å². The zero-order valence-electron chi connectivity index (χ0n) is 12.1. The Kier molecular flexibility index (Phi) is 5.46. The van der Waals surface area contributed by atoms with E-state index in [2.05, 4.69) is 23.6 Å². The zero-order chi connectivity index (χ0) is 13.0. The molecule has 0 aromatic heterocycles. The summed E-state index contributed by atoms with van der Waals surface area (Å²) in [6.45, 7) is 9.21. The largest absolute Gasteiger partial charge is 0.392 e. The zero-order valence-corrected chi connectivity index (χ0v) is 12.1. The van der Waals surface area contributed by atoms with Crippen molar-refractivity contribution in [3.8, 4) is 0 Å². The van der Waals surface area contributed by atoms with Crippen LogP contribution in [0.5, 0.6) is 0 Å². The SMILES string of the molecule is CCC(O)C(C)N1CCC(N2CCCCC2)CC1. The quantitative estimate of drug-likeness (QED) is 0.832. The van der Waals surface area contributed by atoms with Gasteiger partial charge in [-0.05, 0) is 52.1 Å². The fourth-order valence-corrected chi connectivity index (χ4v) is 3.53. The molecule has 0 aromatic rings. The molecule has 3 nitrogen and oxygen atoms in total. The Labute approximate surface area is 112 Å². The van der Waals surface area contributed by atoms with Gasteiger partial charge in [0.05, 0.1) is 6.10 Å². The first kappa shape index (κ1) is 14.3. The summed E-state index contributed by atoms with van der Waals surface area (Å²) in [6, 6.07) is 1.14. The molecule has 0 radical (unpaired) electrons. The number of aliphatic hydroxyl groups is 1. The van der Waals surface area contributed by atoms with E-state index in [9.17, 15) is 5.11 Å². The number of hydrogen-bond acceptors (Lipinski definition) is 3. The van der Waals surface area contributed by atoms with Crippen molar-refractivity contribution < 1.29 is 5.11 Å². The second-order valence-corrected chi connectivity index (χ2v) is 6.08. The van der Waals surface area contributed by atoms with Crippen LogP contribution in [0, 0.1) is 0 Å². The Bertz CT molecular complexity index is 223. The molecule has 1 N–H and O–H groups in total. The molecule has 2 atom stereocenters. The lowest BCUT2D eigenvalue weighted by molar-refractivity contribution is 0.0211. The molecule has 0 aliphatic carbocycles. The lowest BCUT2D eigenvalue weighted by Gasteiger charge is -2.42. The van der Waals surface area contributed by atoms with Gasteiger partial charge in [0, 0.05) is 25.2 Å². The summed E-state index contributed by atoms with van der Waals surface area (Å²) < 4.78 is 0. The number of likely N-dealkylation sites (tertiary alicyclic amines) is 2. The van der Waals surface area contributed by atoms with E-state index in [1.165, 1.54) is 58.3 Å². The molecule has 18 heavy (non-hydrogen) atoms. The van der Waals surface area contributed by atoms with Crippen LogP contribution in [0.15, 0.2) is 0 Å². The minimum Gasteiger partial charge on any atom is -0.392 e. The molecule has 2 fully saturated rings. The highest BCUT2D eigenvalue weighted by molar-refractivity contribution is 4.85. The van der Waals surface area contributed by atoms with E-state index in [1.54, 1.807) is 0 Å². The molecule has 0 spiro atoms. The molecule has 2 saturated heterocycles. The Morgan fingerprint density at radius 1 is 1.06 bits per heavy atom. The summed E-state index contributed by atoms with van der Waals surface area (Å²) in [5, 5.41) is 9.94. The highest BCUT2D eigenvalue weighted by Crippen LogP contribution is 2.22. The van der Waals surface area contributed by atoms with Gasteiger partial charge in [0.2, 0.25) is 0 Å². The number of aliphatic hydroxyl groups excluding tert-OH is 1. The monoisotopic (exact) mass is 254 g/mol. The van der Waals surface area contributed by atoms with Crippen LogP contribution >= 0.6 is 0 Å². The van der Waals surface area contributed by atoms with Gasteiger partial charge in [0.1, 0.15) is 0 Å². The van der Waals surface area contributed by atoms with E-state index in [4.69, 9.17) is 0 Å². The number of piperidine rings is 2. The number of hydrogen-bond donors (Lipinski definition) is 1. The van der Waals surface area contributed by atoms with Crippen LogP contribution in [0.1, 0.15) is 52.4 Å². The highest BCUT2D eigenvalue weighted by Gasteiger charge is 2.29. The second-order valence-electron chi connectivity index (χ2n) is 6.08. The molecule has 2 unspecified atom stereocenters. The van der Waals surface area contributed by atoms with E-state index in [0.29, 0.717) is 6.04 Å². The van der Waals surface area contributed by atoms with Gasteiger partial charge in [-0.1, -0.05) is 13.3 Å². The summed E-state index contributed by atoms with van der Waals surface area (Å²) in [5.74, 6) is 0. The highest BCUT2D eigenvalue weighted by atomic mass is 16.3. The lowest BCUT2D eigenvalue weighted by Crippen LogP contribution is -2.51. The Morgan fingerprint density at radius 2 is 1.67 bits per heavy atom. The molecule has 0 amide bonds. The van der Waals surface area contributed by atoms with Crippen LogP contribution in [0.4, 0.5) is 0 Å². The van der Waals surface area contributed by atoms with Gasteiger partial charge in [0.25, 0.3) is 0 Å². The average molecular weight is 254 g/mol. The van der Waals surface area contributed by atoms with Crippen molar-refractivity contribution in [3.05, 3.63) is 0 Å². The minimum absolute atomic E-state index is 0.156. The maximum atomic E-state index is 9.94. The fraction of sp³-hybridized carbons (Fsp3) is 1.00. The Balaban J connectivity index is 1.76. The van der Waals surface area contributed by atoms with Crippen LogP contribution < -0.4 is 0 Å². The maximum Gasteiger partial charge on any atom is 0.0690 e. The molecule has 0 aromatic carbocycles. The first-order valence-corrected chi connectivity index (χ1v) is 7.88.